The molecule has 180 valence electrons. The zero-order chi connectivity index (χ0) is 24.2. The Morgan fingerprint density at radius 2 is 1.47 bits per heavy atom. The molecule has 32 heavy (non-hydrogen) atoms. The van der Waals surface area contributed by atoms with E-state index < -0.39 is 24.7 Å². The predicted octanol–water partition coefficient (Wildman–Crippen LogP) is 5.95. The van der Waals surface area contributed by atoms with Crippen LogP contribution in [0.1, 0.15) is 76.0 Å². The number of ether oxygens (including phenoxy) is 1. The Kier molecular flexibility index (Phi) is 9.05. The van der Waals surface area contributed by atoms with E-state index in [-0.39, 0.29) is 13.1 Å². The summed E-state index contributed by atoms with van der Waals surface area (Å²) < 4.78 is 44.6. The minimum absolute atomic E-state index is 0.230. The van der Waals surface area contributed by atoms with Crippen molar-refractivity contribution in [3.8, 4) is 0 Å². The maximum Gasteiger partial charge on any atom is 0.432 e. The van der Waals surface area contributed by atoms with Crippen molar-refractivity contribution in [2.45, 2.75) is 76.5 Å². The third-order valence-corrected chi connectivity index (χ3v) is 6.75. The lowest BCUT2D eigenvalue weighted by molar-refractivity contribution is -0.199. The molecular weight excluding hydrogens is 441 g/mol. The van der Waals surface area contributed by atoms with E-state index in [1.807, 2.05) is 0 Å². The number of hydrogen-bond acceptors (Lipinski definition) is 5. The fraction of sp³-hybridized carbons (Fsp3) is 0.652. The predicted molar refractivity (Wildman–Crippen MR) is 120 cm³/mol. The second kappa shape index (κ2) is 10.9. The average Bonchev–Trinajstić information content (AvgIpc) is 2.70. The monoisotopic (exact) mass is 474 g/mol. The maximum atomic E-state index is 12.7. The quantitative estimate of drug-likeness (QED) is 0.361. The van der Waals surface area contributed by atoms with Gasteiger partial charge in [-0.3, -0.25) is 4.79 Å². The smallest absolute Gasteiger partial charge is 0.429 e. The SMILES string of the molecule is CC(C)c1cc(C(C)C)c(SN2CCN(C(=O)OC(C=O)C(F)(F)F)CC2)c(C(C)C)c1. The van der Waals surface area contributed by atoms with Crippen LogP contribution in [0.2, 0.25) is 0 Å². The van der Waals surface area contributed by atoms with Crippen molar-refractivity contribution in [3.63, 3.8) is 0 Å². The van der Waals surface area contributed by atoms with Crippen LogP contribution >= 0.6 is 11.9 Å². The highest BCUT2D eigenvalue weighted by Crippen LogP contribution is 2.40. The molecule has 1 fully saturated rings. The van der Waals surface area contributed by atoms with Gasteiger partial charge in [0.05, 0.1) is 0 Å². The Balaban J connectivity index is 2.13. The number of alkyl halides is 3. The van der Waals surface area contributed by atoms with Crippen molar-refractivity contribution in [2.75, 3.05) is 26.2 Å². The first-order valence-corrected chi connectivity index (χ1v) is 11.7. The highest BCUT2D eigenvalue weighted by Gasteiger charge is 2.43. The molecule has 0 aromatic heterocycles. The number of halogens is 3. The van der Waals surface area contributed by atoms with Gasteiger partial charge in [0.25, 0.3) is 6.10 Å². The largest absolute Gasteiger partial charge is 0.432 e. The van der Waals surface area contributed by atoms with Gasteiger partial charge in [0.15, 0.2) is 6.29 Å². The summed E-state index contributed by atoms with van der Waals surface area (Å²) in [6.45, 7) is 14.5. The van der Waals surface area contributed by atoms with Crippen molar-refractivity contribution in [3.05, 3.63) is 28.8 Å². The summed E-state index contributed by atoms with van der Waals surface area (Å²) in [5, 5.41) is 0. The molecule has 0 spiro atoms. The third-order valence-electron chi connectivity index (χ3n) is 5.47. The van der Waals surface area contributed by atoms with Crippen LogP contribution in [0.4, 0.5) is 18.0 Å². The van der Waals surface area contributed by atoms with E-state index >= 15 is 0 Å². The molecule has 1 saturated heterocycles. The van der Waals surface area contributed by atoms with Gasteiger partial charge in [-0.05, 0) is 46.4 Å². The summed E-state index contributed by atoms with van der Waals surface area (Å²) in [5.74, 6) is 1.10. The highest BCUT2D eigenvalue weighted by atomic mass is 32.2. The first-order chi connectivity index (χ1) is 14.8. The fourth-order valence-electron chi connectivity index (χ4n) is 3.44. The minimum atomic E-state index is -4.91. The highest BCUT2D eigenvalue weighted by molar-refractivity contribution is 7.97. The standard InChI is InChI=1S/C23H33F3N2O3S/c1-14(2)17-11-18(15(3)4)21(19(12-17)16(5)6)32-28-9-7-27(8-10-28)22(30)31-20(13-29)23(24,25)26/h11-16,20H,7-10H2,1-6H3. The van der Waals surface area contributed by atoms with Gasteiger partial charge >= 0.3 is 12.3 Å². The number of benzene rings is 1. The molecule has 1 aromatic carbocycles. The average molecular weight is 475 g/mol. The van der Waals surface area contributed by atoms with E-state index in [4.69, 9.17) is 0 Å². The molecule has 0 saturated carbocycles. The number of carbonyl (C=O) groups is 2. The van der Waals surface area contributed by atoms with Crippen LogP contribution in [0, 0.1) is 0 Å². The van der Waals surface area contributed by atoms with Crippen molar-refractivity contribution in [2.24, 2.45) is 0 Å². The van der Waals surface area contributed by atoms with Crippen LogP contribution < -0.4 is 0 Å². The number of aldehydes is 1. The van der Waals surface area contributed by atoms with Gasteiger partial charge < -0.3 is 9.64 Å². The second-order valence-corrected chi connectivity index (χ2v) is 10.1. The van der Waals surface area contributed by atoms with Crippen LogP contribution in [0.3, 0.4) is 0 Å². The summed E-state index contributed by atoms with van der Waals surface area (Å²) in [6, 6.07) is 4.54. The molecule has 1 unspecified atom stereocenters. The molecule has 5 nitrogen and oxygen atoms in total. The van der Waals surface area contributed by atoms with Gasteiger partial charge in [-0.1, -0.05) is 53.7 Å². The molecule has 0 N–H and O–H groups in total. The summed E-state index contributed by atoms with van der Waals surface area (Å²) in [6.07, 6.45) is -9.15. The van der Waals surface area contributed by atoms with Gasteiger partial charge in [0, 0.05) is 31.1 Å². The third kappa shape index (κ3) is 6.63. The number of carbonyl (C=O) groups excluding carboxylic acids is 2. The van der Waals surface area contributed by atoms with Gasteiger partial charge in [-0.2, -0.15) is 13.2 Å². The molecule has 1 aromatic rings. The number of rotatable bonds is 7. The fourth-order valence-corrected chi connectivity index (χ4v) is 4.85. The molecule has 0 aliphatic carbocycles. The van der Waals surface area contributed by atoms with E-state index in [2.05, 4.69) is 62.7 Å². The topological polar surface area (TPSA) is 49.9 Å². The van der Waals surface area contributed by atoms with Crippen molar-refractivity contribution in [1.29, 1.82) is 0 Å². The zero-order valence-corrected chi connectivity index (χ0v) is 20.3. The molecule has 2 rings (SSSR count). The molecule has 9 heteroatoms. The van der Waals surface area contributed by atoms with Crippen LogP contribution in [0.25, 0.3) is 0 Å². The summed E-state index contributed by atoms with van der Waals surface area (Å²) >= 11 is 1.65. The molecule has 1 atom stereocenters. The molecule has 1 amide bonds. The summed E-state index contributed by atoms with van der Waals surface area (Å²) in [4.78, 5) is 25.2. The van der Waals surface area contributed by atoms with E-state index in [9.17, 15) is 22.8 Å². The van der Waals surface area contributed by atoms with Crippen LogP contribution in [-0.4, -0.2) is 60.0 Å². The lowest BCUT2D eigenvalue weighted by Gasteiger charge is -2.35. The van der Waals surface area contributed by atoms with Crippen LogP contribution in [0.5, 0.6) is 0 Å². The molecule has 0 bridgehead atoms. The lowest BCUT2D eigenvalue weighted by atomic mass is 9.89. The van der Waals surface area contributed by atoms with Gasteiger partial charge in [-0.25, -0.2) is 9.10 Å². The Bertz CT molecular complexity index is 775. The van der Waals surface area contributed by atoms with Gasteiger partial charge in [0.1, 0.15) is 0 Å². The zero-order valence-electron chi connectivity index (χ0n) is 19.5. The first kappa shape index (κ1) is 26.5. The van der Waals surface area contributed by atoms with Crippen LogP contribution in [0.15, 0.2) is 17.0 Å². The number of nitrogens with zero attached hydrogens (tertiary/aromatic N) is 2. The van der Waals surface area contributed by atoms with Crippen molar-refractivity contribution >= 4 is 24.3 Å². The van der Waals surface area contributed by atoms with E-state index in [1.165, 1.54) is 26.5 Å². The maximum absolute atomic E-state index is 12.7. The molecule has 1 aliphatic heterocycles. The van der Waals surface area contributed by atoms with Gasteiger partial charge in [0.2, 0.25) is 0 Å². The lowest BCUT2D eigenvalue weighted by Crippen LogP contribution is -2.48. The normalized spacial score (nSPS) is 16.7. The van der Waals surface area contributed by atoms with E-state index in [0.29, 0.717) is 30.8 Å². The molecule has 1 heterocycles. The Hall–Kier alpha value is -1.74. The van der Waals surface area contributed by atoms with Crippen molar-refractivity contribution in [1.82, 2.24) is 9.21 Å². The molecule has 1 aliphatic rings. The number of piperazine rings is 1. The Morgan fingerprint density at radius 3 is 1.84 bits per heavy atom. The van der Waals surface area contributed by atoms with Crippen molar-refractivity contribution < 1.29 is 27.5 Å². The number of hydrogen-bond donors (Lipinski definition) is 0. The number of amides is 1. The summed E-state index contributed by atoms with van der Waals surface area (Å²) in [5.41, 5.74) is 3.88. The summed E-state index contributed by atoms with van der Waals surface area (Å²) in [7, 11) is 0. The molecule has 0 radical (unpaired) electrons. The van der Waals surface area contributed by atoms with E-state index in [1.54, 1.807) is 11.9 Å². The molecular formula is C23H33F3N2O3S. The Labute approximate surface area is 192 Å². The minimum Gasteiger partial charge on any atom is -0.429 e. The van der Waals surface area contributed by atoms with E-state index in [0.717, 1.165) is 0 Å². The Morgan fingerprint density at radius 1 is 0.969 bits per heavy atom. The van der Waals surface area contributed by atoms with Crippen LogP contribution in [-0.2, 0) is 9.53 Å². The first-order valence-electron chi connectivity index (χ1n) is 10.9. The second-order valence-electron chi connectivity index (χ2n) is 8.98. The van der Waals surface area contributed by atoms with Gasteiger partial charge in [-0.15, -0.1) is 0 Å².